The number of hydroxylamine groups is 1. The summed E-state index contributed by atoms with van der Waals surface area (Å²) < 4.78 is 35.1. The van der Waals surface area contributed by atoms with Gasteiger partial charge >= 0.3 is 12.2 Å². The largest absolute Gasteiger partial charge is 0.414 e. The summed E-state index contributed by atoms with van der Waals surface area (Å²) in [5, 5.41) is 10.8. The van der Waals surface area contributed by atoms with Crippen molar-refractivity contribution in [1.82, 2.24) is 5.48 Å². The zero-order chi connectivity index (χ0) is 13.6. The fraction of sp³-hybridized carbons (Fsp3) is 0.200. The Kier molecular flexibility index (Phi) is 4.51. The summed E-state index contributed by atoms with van der Waals surface area (Å²) in [6.45, 7) is -1.58. The van der Waals surface area contributed by atoms with E-state index >= 15 is 0 Å². The Morgan fingerprint density at radius 3 is 2.44 bits per heavy atom. The molecule has 0 heterocycles. The number of anilines is 1. The van der Waals surface area contributed by atoms with Crippen LogP contribution in [-0.2, 0) is 4.84 Å². The number of nitriles is 1. The van der Waals surface area contributed by atoms with Crippen molar-refractivity contribution < 1.29 is 22.8 Å². The molecule has 8 heteroatoms. The van der Waals surface area contributed by atoms with E-state index in [4.69, 9.17) is 5.26 Å². The summed E-state index contributed by atoms with van der Waals surface area (Å²) in [6, 6.07) is 6.71. The van der Waals surface area contributed by atoms with E-state index < -0.39 is 18.8 Å². The van der Waals surface area contributed by atoms with Gasteiger partial charge < -0.3 is 5.32 Å². The van der Waals surface area contributed by atoms with Gasteiger partial charge in [-0.15, -0.1) is 0 Å². The summed E-state index contributed by atoms with van der Waals surface area (Å²) in [5.41, 5.74) is 2.30. The van der Waals surface area contributed by atoms with E-state index in [9.17, 15) is 18.0 Å². The summed E-state index contributed by atoms with van der Waals surface area (Å²) in [7, 11) is 0. The number of carbonyl (C=O) groups excluding carboxylic acids is 1. The van der Waals surface area contributed by atoms with Gasteiger partial charge in [-0.25, -0.2) is 10.3 Å². The van der Waals surface area contributed by atoms with Gasteiger partial charge in [-0.2, -0.15) is 18.4 Å². The maximum absolute atomic E-state index is 11.7. The number of amides is 2. The highest BCUT2D eigenvalue weighted by Gasteiger charge is 2.28. The molecule has 0 bridgehead atoms. The first-order valence-electron chi connectivity index (χ1n) is 4.66. The lowest BCUT2D eigenvalue weighted by molar-refractivity contribution is -0.183. The number of nitrogens with zero attached hydrogens (tertiary/aromatic N) is 1. The number of hydrogen-bond donors (Lipinski definition) is 2. The van der Waals surface area contributed by atoms with E-state index in [0.717, 1.165) is 0 Å². The van der Waals surface area contributed by atoms with E-state index in [1.807, 2.05) is 6.07 Å². The lowest BCUT2D eigenvalue weighted by Gasteiger charge is -2.09. The first kappa shape index (κ1) is 13.8. The van der Waals surface area contributed by atoms with Crippen LogP contribution in [0.2, 0.25) is 0 Å². The van der Waals surface area contributed by atoms with Gasteiger partial charge in [0.1, 0.15) is 0 Å². The molecule has 1 rings (SSSR count). The van der Waals surface area contributed by atoms with Crippen LogP contribution in [0.4, 0.5) is 23.7 Å². The highest BCUT2D eigenvalue weighted by Crippen LogP contribution is 2.13. The number of alkyl halides is 3. The van der Waals surface area contributed by atoms with Crippen LogP contribution in [0.15, 0.2) is 24.3 Å². The number of benzene rings is 1. The smallest absolute Gasteiger partial charge is 0.306 e. The zero-order valence-corrected chi connectivity index (χ0v) is 8.91. The predicted octanol–water partition coefficient (Wildman–Crippen LogP) is 2.17. The first-order valence-corrected chi connectivity index (χ1v) is 4.66. The Labute approximate surface area is 100 Å². The van der Waals surface area contributed by atoms with Gasteiger partial charge in [0, 0.05) is 5.69 Å². The van der Waals surface area contributed by atoms with Gasteiger partial charge in [0.2, 0.25) is 0 Å². The molecule has 96 valence electrons. The quantitative estimate of drug-likeness (QED) is 0.817. The van der Waals surface area contributed by atoms with E-state index in [2.05, 4.69) is 10.2 Å². The second-order valence-corrected chi connectivity index (χ2v) is 3.15. The summed E-state index contributed by atoms with van der Waals surface area (Å²) in [6.07, 6.45) is -4.51. The van der Waals surface area contributed by atoms with Crippen molar-refractivity contribution >= 4 is 11.7 Å². The standard InChI is InChI=1S/C10H8F3N3O2/c11-10(12,13)6-18-16-9(17)15-8-3-1-7(5-14)2-4-8/h1-4H,6H2,(H2,15,16,17). The van der Waals surface area contributed by atoms with E-state index in [1.54, 1.807) is 5.48 Å². The average molecular weight is 259 g/mol. The normalized spacial score (nSPS) is 10.6. The second-order valence-electron chi connectivity index (χ2n) is 3.15. The Balaban J connectivity index is 2.38. The predicted molar refractivity (Wildman–Crippen MR) is 55.3 cm³/mol. The van der Waals surface area contributed by atoms with Crippen molar-refractivity contribution in [3.05, 3.63) is 29.8 Å². The maximum Gasteiger partial charge on any atom is 0.414 e. The van der Waals surface area contributed by atoms with Crippen LogP contribution in [0, 0.1) is 11.3 Å². The van der Waals surface area contributed by atoms with Crippen molar-refractivity contribution in [3.63, 3.8) is 0 Å². The highest BCUT2D eigenvalue weighted by molar-refractivity contribution is 5.88. The maximum atomic E-state index is 11.7. The van der Waals surface area contributed by atoms with Crippen molar-refractivity contribution in [2.75, 3.05) is 11.9 Å². The Morgan fingerprint density at radius 1 is 1.33 bits per heavy atom. The van der Waals surface area contributed by atoms with Crippen molar-refractivity contribution in [3.8, 4) is 6.07 Å². The zero-order valence-electron chi connectivity index (χ0n) is 8.91. The lowest BCUT2D eigenvalue weighted by Crippen LogP contribution is -2.32. The third kappa shape index (κ3) is 5.18. The molecule has 1 aromatic carbocycles. The molecule has 0 saturated heterocycles. The number of hydrogen-bond acceptors (Lipinski definition) is 3. The fourth-order valence-corrected chi connectivity index (χ4v) is 0.968. The summed E-state index contributed by atoms with van der Waals surface area (Å²) in [5.74, 6) is 0. The van der Waals surface area contributed by atoms with Gasteiger partial charge in [-0.3, -0.25) is 4.84 Å². The molecule has 0 aliphatic rings. The van der Waals surface area contributed by atoms with E-state index in [1.165, 1.54) is 24.3 Å². The summed E-state index contributed by atoms with van der Waals surface area (Å²) >= 11 is 0. The van der Waals surface area contributed by atoms with E-state index in [-0.39, 0.29) is 0 Å². The van der Waals surface area contributed by atoms with Crippen molar-refractivity contribution in [2.24, 2.45) is 0 Å². The van der Waals surface area contributed by atoms with Crippen LogP contribution >= 0.6 is 0 Å². The fourth-order valence-electron chi connectivity index (χ4n) is 0.968. The molecule has 5 nitrogen and oxygen atoms in total. The Hall–Kier alpha value is -2.27. The molecule has 0 aromatic heterocycles. The molecule has 0 aliphatic heterocycles. The molecule has 1 aromatic rings. The van der Waals surface area contributed by atoms with Crippen molar-refractivity contribution in [1.29, 1.82) is 5.26 Å². The molecule has 0 atom stereocenters. The van der Waals surface area contributed by atoms with Gasteiger partial charge in [-0.1, -0.05) is 0 Å². The van der Waals surface area contributed by atoms with Crippen LogP contribution in [0.5, 0.6) is 0 Å². The van der Waals surface area contributed by atoms with Crippen LogP contribution in [0.25, 0.3) is 0 Å². The molecular weight excluding hydrogens is 251 g/mol. The highest BCUT2D eigenvalue weighted by atomic mass is 19.4. The van der Waals surface area contributed by atoms with Gasteiger partial charge in [0.15, 0.2) is 6.61 Å². The second kappa shape index (κ2) is 5.88. The number of rotatable bonds is 3. The van der Waals surface area contributed by atoms with Gasteiger partial charge in [0.25, 0.3) is 0 Å². The molecule has 0 fully saturated rings. The molecule has 0 aliphatic carbocycles. The monoisotopic (exact) mass is 259 g/mol. The van der Waals surface area contributed by atoms with E-state index in [0.29, 0.717) is 11.3 Å². The average Bonchev–Trinajstić information content (AvgIpc) is 2.28. The molecule has 0 radical (unpaired) electrons. The molecule has 18 heavy (non-hydrogen) atoms. The molecule has 2 amide bonds. The number of halogens is 3. The molecule has 0 saturated carbocycles. The van der Waals surface area contributed by atoms with Gasteiger partial charge in [-0.05, 0) is 24.3 Å². The van der Waals surface area contributed by atoms with Crippen LogP contribution in [-0.4, -0.2) is 18.8 Å². The van der Waals surface area contributed by atoms with Crippen LogP contribution < -0.4 is 10.8 Å². The summed E-state index contributed by atoms with van der Waals surface area (Å²) in [4.78, 5) is 15.0. The Bertz CT molecular complexity index is 451. The third-order valence-corrected chi connectivity index (χ3v) is 1.67. The van der Waals surface area contributed by atoms with Crippen LogP contribution in [0.1, 0.15) is 5.56 Å². The number of carbonyl (C=O) groups is 1. The minimum atomic E-state index is -4.51. The Morgan fingerprint density at radius 2 is 1.94 bits per heavy atom. The van der Waals surface area contributed by atoms with Crippen molar-refractivity contribution in [2.45, 2.75) is 6.18 Å². The van der Waals surface area contributed by atoms with Crippen LogP contribution in [0.3, 0.4) is 0 Å². The number of nitrogens with one attached hydrogen (secondary N) is 2. The third-order valence-electron chi connectivity index (χ3n) is 1.67. The first-order chi connectivity index (χ1) is 8.40. The topological polar surface area (TPSA) is 74.2 Å². The molecule has 2 N–H and O–H groups in total. The minimum Gasteiger partial charge on any atom is -0.306 e. The minimum absolute atomic E-state index is 0.321. The lowest BCUT2D eigenvalue weighted by atomic mass is 10.2. The SMILES string of the molecule is N#Cc1ccc(NC(=O)NOCC(F)(F)F)cc1. The number of urea groups is 1. The molecule has 0 unspecified atom stereocenters. The molecule has 0 spiro atoms. The molecular formula is C10H8F3N3O2. The van der Waals surface area contributed by atoms with Gasteiger partial charge in [0.05, 0.1) is 11.6 Å².